The quantitative estimate of drug-likeness (QED) is 0.722. The fraction of sp³-hybridized carbons (Fsp3) is 0.105. The van der Waals surface area contributed by atoms with Crippen molar-refractivity contribution in [1.29, 1.82) is 0 Å². The van der Waals surface area contributed by atoms with Gasteiger partial charge in [0, 0.05) is 46.5 Å². The maximum absolute atomic E-state index is 12.4. The van der Waals surface area contributed by atoms with Crippen LogP contribution >= 0.6 is 0 Å². The summed E-state index contributed by atoms with van der Waals surface area (Å²) >= 11 is 0. The lowest BCUT2D eigenvalue weighted by Crippen LogP contribution is -2.12. The second-order valence-electron chi connectivity index (χ2n) is 5.54. The Morgan fingerprint density at radius 3 is 2.65 bits per heavy atom. The Hall–Kier alpha value is -3.06. The number of amides is 1. The van der Waals surface area contributed by atoms with Gasteiger partial charge >= 0.3 is 0 Å². The minimum absolute atomic E-state index is 0.226. The molecule has 0 fully saturated rings. The molecule has 2 aromatic carbocycles. The van der Waals surface area contributed by atoms with Crippen LogP contribution < -0.4 is 10.1 Å². The Morgan fingerprint density at radius 2 is 1.96 bits per heavy atom. The first-order valence-electron chi connectivity index (χ1n) is 7.84. The zero-order chi connectivity index (χ0) is 18.4. The molecule has 0 unspecified atom stereocenters. The van der Waals surface area contributed by atoms with Crippen LogP contribution in [0.15, 0.2) is 67.1 Å². The number of nitrogens with one attached hydrogen (secondary N) is 1. The molecule has 0 spiro atoms. The first-order chi connectivity index (χ1) is 12.6. The van der Waals surface area contributed by atoms with Crippen LogP contribution in [0.25, 0.3) is 0 Å². The molecule has 1 amide bonds. The number of benzene rings is 2. The van der Waals surface area contributed by atoms with Crippen molar-refractivity contribution in [3.63, 3.8) is 0 Å². The predicted octanol–water partition coefficient (Wildman–Crippen LogP) is 3.40. The zero-order valence-electron chi connectivity index (χ0n) is 14.1. The van der Waals surface area contributed by atoms with Gasteiger partial charge in [0.25, 0.3) is 5.91 Å². The molecule has 0 radical (unpaired) electrons. The Kier molecular flexibility index (Phi) is 5.70. The molecule has 26 heavy (non-hydrogen) atoms. The molecule has 132 valence electrons. The van der Waals surface area contributed by atoms with Crippen molar-refractivity contribution in [3.05, 3.63) is 78.2 Å². The van der Waals surface area contributed by atoms with E-state index in [-0.39, 0.29) is 5.91 Å². The summed E-state index contributed by atoms with van der Waals surface area (Å²) in [4.78, 5) is 20.4. The summed E-state index contributed by atoms with van der Waals surface area (Å²) in [5, 5.41) is 2.83. The summed E-state index contributed by atoms with van der Waals surface area (Å²) in [6, 6.07) is 14.1. The van der Waals surface area contributed by atoms with Gasteiger partial charge in [-0.15, -0.1) is 0 Å². The smallest absolute Gasteiger partial charge is 0.255 e. The Morgan fingerprint density at radius 1 is 1.15 bits per heavy atom. The zero-order valence-corrected chi connectivity index (χ0v) is 14.9. The molecule has 0 aliphatic heterocycles. The second-order valence-corrected chi connectivity index (χ2v) is 6.98. The van der Waals surface area contributed by atoms with E-state index in [9.17, 15) is 9.00 Å². The number of hydrogen-bond donors (Lipinski definition) is 1. The normalized spacial score (nSPS) is 11.6. The van der Waals surface area contributed by atoms with Gasteiger partial charge in [0.15, 0.2) is 0 Å². The molecule has 1 heterocycles. The van der Waals surface area contributed by atoms with Crippen LogP contribution in [0.1, 0.15) is 15.9 Å². The molecule has 1 atom stereocenters. The third-order valence-electron chi connectivity index (χ3n) is 3.43. The van der Waals surface area contributed by atoms with Crippen LogP contribution in [-0.4, -0.2) is 26.3 Å². The number of carbonyl (C=O) groups is 1. The minimum atomic E-state index is -0.951. The molecule has 1 N–H and O–H groups in total. The highest BCUT2D eigenvalue weighted by Crippen LogP contribution is 2.21. The first-order valence-corrected chi connectivity index (χ1v) is 9.57. The Bertz CT molecular complexity index is 915. The van der Waals surface area contributed by atoms with Gasteiger partial charge in [0.05, 0.1) is 6.20 Å². The second kappa shape index (κ2) is 8.35. The summed E-state index contributed by atoms with van der Waals surface area (Å²) in [6.07, 6.45) is 6.27. The number of carbonyl (C=O) groups excluding carboxylic acids is 1. The average Bonchev–Trinajstić information content (AvgIpc) is 2.64. The van der Waals surface area contributed by atoms with Gasteiger partial charge in [-0.2, -0.15) is 0 Å². The number of nitrogens with zero attached hydrogens (tertiary/aromatic N) is 2. The fourth-order valence-corrected chi connectivity index (χ4v) is 2.95. The number of rotatable bonds is 6. The lowest BCUT2D eigenvalue weighted by atomic mass is 10.1. The van der Waals surface area contributed by atoms with Gasteiger partial charge in [-0.3, -0.25) is 14.0 Å². The highest BCUT2D eigenvalue weighted by molar-refractivity contribution is 7.83. The molecular formula is C19H17N3O3S. The van der Waals surface area contributed by atoms with Crippen molar-refractivity contribution >= 4 is 22.4 Å². The van der Waals surface area contributed by atoms with Gasteiger partial charge in [0.2, 0.25) is 5.88 Å². The molecule has 0 bridgehead atoms. The summed E-state index contributed by atoms with van der Waals surface area (Å²) < 4.78 is 16.9. The number of aromatic nitrogens is 2. The SMILES string of the molecule is C[S@](=O)Cc1cccc(C(=O)Nc2ccc(Oc3cnccn3)cc2)c1. The van der Waals surface area contributed by atoms with E-state index < -0.39 is 10.8 Å². The largest absolute Gasteiger partial charge is 0.438 e. The average molecular weight is 367 g/mol. The molecule has 3 aromatic rings. The summed E-state index contributed by atoms with van der Waals surface area (Å²) in [5.74, 6) is 1.19. The van der Waals surface area contributed by atoms with Crippen LogP contribution in [0.2, 0.25) is 0 Å². The molecule has 7 heteroatoms. The van der Waals surface area contributed by atoms with Crippen LogP contribution in [0.5, 0.6) is 11.6 Å². The predicted molar refractivity (Wildman–Crippen MR) is 101 cm³/mol. The van der Waals surface area contributed by atoms with Gasteiger partial charge < -0.3 is 10.1 Å². The molecule has 0 saturated heterocycles. The van der Waals surface area contributed by atoms with Crippen molar-refractivity contribution in [2.45, 2.75) is 5.75 Å². The third kappa shape index (κ3) is 4.97. The summed E-state index contributed by atoms with van der Waals surface area (Å²) in [5.41, 5.74) is 2.03. The van der Waals surface area contributed by atoms with Crippen molar-refractivity contribution in [3.8, 4) is 11.6 Å². The van der Waals surface area contributed by atoms with E-state index >= 15 is 0 Å². The highest BCUT2D eigenvalue weighted by Gasteiger charge is 2.08. The highest BCUT2D eigenvalue weighted by atomic mass is 32.2. The minimum Gasteiger partial charge on any atom is -0.438 e. The molecular weight excluding hydrogens is 350 g/mol. The maximum atomic E-state index is 12.4. The third-order valence-corrected chi connectivity index (χ3v) is 4.17. The van der Waals surface area contributed by atoms with E-state index in [0.717, 1.165) is 5.56 Å². The van der Waals surface area contributed by atoms with E-state index in [1.807, 2.05) is 6.07 Å². The lowest BCUT2D eigenvalue weighted by Gasteiger charge is -2.08. The first kappa shape index (κ1) is 17.8. The van der Waals surface area contributed by atoms with Crippen molar-refractivity contribution in [1.82, 2.24) is 9.97 Å². The number of hydrogen-bond acceptors (Lipinski definition) is 5. The number of anilines is 1. The summed E-state index contributed by atoms with van der Waals surface area (Å²) in [6.45, 7) is 0. The molecule has 0 aliphatic rings. The van der Waals surface area contributed by atoms with Crippen molar-refractivity contribution < 1.29 is 13.7 Å². The number of ether oxygens (including phenoxy) is 1. The van der Waals surface area contributed by atoms with Gasteiger partial charge in [-0.25, -0.2) is 4.98 Å². The Labute approximate surface area is 153 Å². The van der Waals surface area contributed by atoms with Gasteiger partial charge in [-0.05, 0) is 42.0 Å². The van der Waals surface area contributed by atoms with E-state index in [2.05, 4.69) is 15.3 Å². The van der Waals surface area contributed by atoms with Gasteiger partial charge in [-0.1, -0.05) is 12.1 Å². The van der Waals surface area contributed by atoms with E-state index in [1.165, 1.54) is 6.20 Å². The summed E-state index contributed by atoms with van der Waals surface area (Å²) in [7, 11) is -0.951. The lowest BCUT2D eigenvalue weighted by molar-refractivity contribution is 0.102. The van der Waals surface area contributed by atoms with Crippen LogP contribution in [-0.2, 0) is 16.6 Å². The van der Waals surface area contributed by atoms with E-state index in [1.54, 1.807) is 61.1 Å². The standard InChI is InChI=1S/C19H17N3O3S/c1-26(24)13-14-3-2-4-15(11-14)19(23)22-16-5-7-17(8-6-16)25-18-12-20-9-10-21-18/h2-12H,13H2,1H3,(H,22,23)/t26-/m0/s1. The van der Waals surface area contributed by atoms with Crippen LogP contribution in [0.3, 0.4) is 0 Å². The maximum Gasteiger partial charge on any atom is 0.255 e. The topological polar surface area (TPSA) is 81.2 Å². The van der Waals surface area contributed by atoms with Gasteiger partial charge in [0.1, 0.15) is 5.75 Å². The van der Waals surface area contributed by atoms with Crippen LogP contribution in [0, 0.1) is 0 Å². The van der Waals surface area contributed by atoms with E-state index in [4.69, 9.17) is 4.74 Å². The van der Waals surface area contributed by atoms with E-state index in [0.29, 0.717) is 28.6 Å². The molecule has 6 nitrogen and oxygen atoms in total. The molecule has 0 saturated carbocycles. The van der Waals surface area contributed by atoms with Crippen molar-refractivity contribution in [2.24, 2.45) is 0 Å². The Balaban J connectivity index is 1.65. The fourth-order valence-electron chi connectivity index (χ4n) is 2.31. The van der Waals surface area contributed by atoms with Crippen LogP contribution in [0.4, 0.5) is 5.69 Å². The molecule has 1 aromatic heterocycles. The van der Waals surface area contributed by atoms with Crippen molar-refractivity contribution in [2.75, 3.05) is 11.6 Å². The molecule has 0 aliphatic carbocycles. The monoisotopic (exact) mass is 367 g/mol. The molecule has 3 rings (SSSR count).